The lowest BCUT2D eigenvalue weighted by molar-refractivity contribution is -0.128. The highest BCUT2D eigenvalue weighted by atomic mass is 35.5. The van der Waals surface area contributed by atoms with E-state index >= 15 is 0 Å². The van der Waals surface area contributed by atoms with Gasteiger partial charge in [0, 0.05) is 19.8 Å². The van der Waals surface area contributed by atoms with Crippen LogP contribution in [0.3, 0.4) is 0 Å². The maximum Gasteiger partial charge on any atom is 0.261 e. The number of rotatable bonds is 9. The second-order valence-electron chi connectivity index (χ2n) is 4.29. The van der Waals surface area contributed by atoms with Crippen LogP contribution in [0.5, 0.6) is 5.75 Å². The van der Waals surface area contributed by atoms with E-state index in [4.69, 9.17) is 21.1 Å². The Morgan fingerprint density at radius 3 is 2.75 bits per heavy atom. The zero-order chi connectivity index (χ0) is 14.8. The van der Waals surface area contributed by atoms with Crippen molar-refractivity contribution in [2.45, 2.75) is 32.8 Å². The van der Waals surface area contributed by atoms with Gasteiger partial charge >= 0.3 is 0 Å². The Balaban J connectivity index is 2.41. The molecule has 0 fully saturated rings. The molecule has 0 saturated heterocycles. The van der Waals surface area contributed by atoms with E-state index in [0.717, 1.165) is 6.42 Å². The molecule has 1 atom stereocenters. The lowest BCUT2D eigenvalue weighted by atomic mass is 10.2. The zero-order valence-electron chi connectivity index (χ0n) is 12.0. The summed E-state index contributed by atoms with van der Waals surface area (Å²) in [5.41, 5.74) is 0. The molecular weight excluding hydrogens is 278 g/mol. The van der Waals surface area contributed by atoms with Gasteiger partial charge < -0.3 is 14.8 Å². The smallest absolute Gasteiger partial charge is 0.261 e. The standard InChI is InChI=1S/C15H22ClNO3/c1-3-13(15(18)17-10-7-11-19-4-2)20-14-9-6-5-8-12(14)16/h5-6,8-9,13H,3-4,7,10-11H2,1-2H3,(H,17,18). The Morgan fingerprint density at radius 1 is 1.35 bits per heavy atom. The lowest BCUT2D eigenvalue weighted by Crippen LogP contribution is -2.38. The van der Waals surface area contributed by atoms with Crippen LogP contribution < -0.4 is 10.1 Å². The van der Waals surface area contributed by atoms with E-state index in [0.29, 0.717) is 37.0 Å². The largest absolute Gasteiger partial charge is 0.479 e. The van der Waals surface area contributed by atoms with Gasteiger partial charge in [0.05, 0.1) is 5.02 Å². The number of hydrogen-bond donors (Lipinski definition) is 1. The number of benzene rings is 1. The number of para-hydroxylation sites is 1. The van der Waals surface area contributed by atoms with Crippen LogP contribution in [0.15, 0.2) is 24.3 Å². The van der Waals surface area contributed by atoms with E-state index < -0.39 is 6.10 Å². The zero-order valence-corrected chi connectivity index (χ0v) is 12.8. The fraction of sp³-hybridized carbons (Fsp3) is 0.533. The quantitative estimate of drug-likeness (QED) is 0.713. The molecule has 1 N–H and O–H groups in total. The highest BCUT2D eigenvalue weighted by Crippen LogP contribution is 2.24. The number of carbonyl (C=O) groups is 1. The van der Waals surface area contributed by atoms with Crippen molar-refractivity contribution in [1.82, 2.24) is 5.32 Å². The molecule has 0 aliphatic carbocycles. The molecule has 1 amide bonds. The van der Waals surface area contributed by atoms with Crippen LogP contribution in [-0.4, -0.2) is 31.8 Å². The molecule has 0 bridgehead atoms. The minimum atomic E-state index is -0.526. The summed E-state index contributed by atoms with van der Waals surface area (Å²) in [5, 5.41) is 3.35. The summed E-state index contributed by atoms with van der Waals surface area (Å²) in [6.45, 7) is 5.78. The summed E-state index contributed by atoms with van der Waals surface area (Å²) in [4.78, 5) is 12.0. The average Bonchev–Trinajstić information content (AvgIpc) is 2.46. The first-order valence-electron chi connectivity index (χ1n) is 6.95. The molecule has 0 radical (unpaired) electrons. The Bertz CT molecular complexity index is 412. The van der Waals surface area contributed by atoms with Crippen LogP contribution in [-0.2, 0) is 9.53 Å². The second kappa shape index (κ2) is 9.61. The van der Waals surface area contributed by atoms with Gasteiger partial charge in [0.25, 0.3) is 5.91 Å². The van der Waals surface area contributed by atoms with Crippen molar-refractivity contribution in [1.29, 1.82) is 0 Å². The van der Waals surface area contributed by atoms with E-state index in [1.54, 1.807) is 12.1 Å². The maximum atomic E-state index is 12.0. The third-order valence-electron chi connectivity index (χ3n) is 2.74. The van der Waals surface area contributed by atoms with Crippen LogP contribution >= 0.6 is 11.6 Å². The predicted molar refractivity (Wildman–Crippen MR) is 80.3 cm³/mol. The number of hydrogen-bond acceptors (Lipinski definition) is 3. The van der Waals surface area contributed by atoms with Gasteiger partial charge in [-0.3, -0.25) is 4.79 Å². The molecule has 112 valence electrons. The monoisotopic (exact) mass is 299 g/mol. The fourth-order valence-electron chi connectivity index (χ4n) is 1.66. The van der Waals surface area contributed by atoms with Crippen molar-refractivity contribution in [3.63, 3.8) is 0 Å². The van der Waals surface area contributed by atoms with E-state index in [1.165, 1.54) is 0 Å². The number of amides is 1. The third kappa shape index (κ3) is 5.80. The van der Waals surface area contributed by atoms with Crippen molar-refractivity contribution in [3.8, 4) is 5.75 Å². The lowest BCUT2D eigenvalue weighted by Gasteiger charge is -2.18. The van der Waals surface area contributed by atoms with Crippen molar-refractivity contribution in [2.24, 2.45) is 0 Å². The van der Waals surface area contributed by atoms with Gasteiger partial charge in [0.1, 0.15) is 5.75 Å². The molecule has 5 heteroatoms. The summed E-state index contributed by atoms with van der Waals surface area (Å²) in [6.07, 6.45) is 0.854. The minimum absolute atomic E-state index is 0.121. The van der Waals surface area contributed by atoms with Crippen molar-refractivity contribution < 1.29 is 14.3 Å². The van der Waals surface area contributed by atoms with Crippen LogP contribution in [0.2, 0.25) is 5.02 Å². The number of carbonyl (C=O) groups excluding carboxylic acids is 1. The maximum absolute atomic E-state index is 12.0. The molecule has 1 rings (SSSR count). The molecule has 20 heavy (non-hydrogen) atoms. The molecule has 0 spiro atoms. The predicted octanol–water partition coefficient (Wildman–Crippen LogP) is 3.04. The van der Waals surface area contributed by atoms with Crippen LogP contribution in [0.1, 0.15) is 26.7 Å². The number of halogens is 1. The van der Waals surface area contributed by atoms with Crippen LogP contribution in [0.25, 0.3) is 0 Å². The third-order valence-corrected chi connectivity index (χ3v) is 3.05. The minimum Gasteiger partial charge on any atom is -0.479 e. The topological polar surface area (TPSA) is 47.6 Å². The summed E-state index contributed by atoms with van der Waals surface area (Å²) < 4.78 is 10.9. The van der Waals surface area contributed by atoms with Gasteiger partial charge in [-0.1, -0.05) is 30.7 Å². The Labute approximate surface area is 125 Å². The van der Waals surface area contributed by atoms with Gasteiger partial charge in [-0.25, -0.2) is 0 Å². The summed E-state index contributed by atoms with van der Waals surface area (Å²) >= 11 is 6.02. The first kappa shape index (κ1) is 16.8. The molecule has 4 nitrogen and oxygen atoms in total. The molecule has 0 heterocycles. The fourth-order valence-corrected chi connectivity index (χ4v) is 1.84. The molecule has 1 unspecified atom stereocenters. The van der Waals surface area contributed by atoms with E-state index in [1.807, 2.05) is 26.0 Å². The Morgan fingerprint density at radius 2 is 2.10 bits per heavy atom. The molecular formula is C15H22ClNO3. The van der Waals surface area contributed by atoms with Gasteiger partial charge in [-0.2, -0.15) is 0 Å². The van der Waals surface area contributed by atoms with Crippen molar-refractivity contribution in [2.75, 3.05) is 19.8 Å². The van der Waals surface area contributed by atoms with Gasteiger partial charge in [0.2, 0.25) is 0 Å². The number of nitrogens with one attached hydrogen (secondary N) is 1. The first-order valence-corrected chi connectivity index (χ1v) is 7.33. The summed E-state index contributed by atoms with van der Waals surface area (Å²) in [6, 6.07) is 7.15. The second-order valence-corrected chi connectivity index (χ2v) is 4.69. The summed E-state index contributed by atoms with van der Waals surface area (Å²) in [5.74, 6) is 0.411. The van der Waals surface area contributed by atoms with Crippen LogP contribution in [0, 0.1) is 0 Å². The van der Waals surface area contributed by atoms with E-state index in [2.05, 4.69) is 5.32 Å². The molecule has 0 aromatic heterocycles. The molecule has 0 aliphatic rings. The van der Waals surface area contributed by atoms with Crippen molar-refractivity contribution >= 4 is 17.5 Å². The van der Waals surface area contributed by atoms with Crippen molar-refractivity contribution in [3.05, 3.63) is 29.3 Å². The highest BCUT2D eigenvalue weighted by molar-refractivity contribution is 6.32. The highest BCUT2D eigenvalue weighted by Gasteiger charge is 2.18. The van der Waals surface area contributed by atoms with E-state index in [-0.39, 0.29) is 5.91 Å². The number of ether oxygens (including phenoxy) is 2. The van der Waals surface area contributed by atoms with Gasteiger partial charge in [-0.05, 0) is 31.9 Å². The molecule has 1 aromatic carbocycles. The average molecular weight is 300 g/mol. The van der Waals surface area contributed by atoms with Gasteiger partial charge in [-0.15, -0.1) is 0 Å². The summed E-state index contributed by atoms with van der Waals surface area (Å²) in [7, 11) is 0. The normalized spacial score (nSPS) is 11.9. The van der Waals surface area contributed by atoms with E-state index in [9.17, 15) is 4.79 Å². The SMILES string of the molecule is CCOCCCNC(=O)C(CC)Oc1ccccc1Cl. The Hall–Kier alpha value is -1.26. The molecule has 0 saturated carbocycles. The van der Waals surface area contributed by atoms with Crippen LogP contribution in [0.4, 0.5) is 0 Å². The van der Waals surface area contributed by atoms with Gasteiger partial charge in [0.15, 0.2) is 6.10 Å². The molecule has 1 aromatic rings. The Kier molecular flexibility index (Phi) is 8.07. The first-order chi connectivity index (χ1) is 9.69. The molecule has 0 aliphatic heterocycles.